The van der Waals surface area contributed by atoms with Crippen LogP contribution in [-0.2, 0) is 32.3 Å². The number of nitrogens with zero attached hydrogens (tertiary/aromatic N) is 1. The third-order valence-corrected chi connectivity index (χ3v) is 9.17. The molecule has 3 aromatic carbocycles. The zero-order valence-electron chi connectivity index (χ0n) is 31.7. The topological polar surface area (TPSA) is 169 Å². The first-order valence-corrected chi connectivity index (χ1v) is 18.8. The monoisotopic (exact) mass is 727 g/mol. The van der Waals surface area contributed by atoms with Crippen molar-refractivity contribution in [3.63, 3.8) is 0 Å². The second-order valence-corrected chi connectivity index (χ2v) is 14.3. The van der Waals surface area contributed by atoms with E-state index in [0.717, 1.165) is 40.3 Å². The van der Waals surface area contributed by atoms with Crippen molar-refractivity contribution in [2.75, 3.05) is 25.0 Å². The van der Waals surface area contributed by atoms with Crippen molar-refractivity contribution in [1.29, 1.82) is 0 Å². The minimum absolute atomic E-state index is 0.0503. The van der Waals surface area contributed by atoms with Crippen LogP contribution in [-0.4, -0.2) is 66.1 Å². The van der Waals surface area contributed by atoms with Crippen LogP contribution in [0.15, 0.2) is 72.8 Å². The first-order valence-electron chi connectivity index (χ1n) is 18.8. The van der Waals surface area contributed by atoms with Gasteiger partial charge in [-0.05, 0) is 80.8 Å². The van der Waals surface area contributed by atoms with Gasteiger partial charge in [0.15, 0.2) is 0 Å². The van der Waals surface area contributed by atoms with E-state index in [-0.39, 0.29) is 48.8 Å². The molecule has 0 aliphatic rings. The lowest BCUT2D eigenvalue weighted by Crippen LogP contribution is -2.54. The van der Waals surface area contributed by atoms with E-state index in [9.17, 15) is 19.2 Å². The molecule has 0 saturated heterocycles. The van der Waals surface area contributed by atoms with Gasteiger partial charge in [0, 0.05) is 46.6 Å². The van der Waals surface area contributed by atoms with Crippen LogP contribution >= 0.6 is 0 Å². The van der Waals surface area contributed by atoms with E-state index in [1.807, 2.05) is 74.5 Å². The number of aryl methyl sites for hydroxylation is 1. The Bertz CT molecular complexity index is 1810. The number of fused-ring (bicyclic) bond motifs is 3. The number of alkyl carbamates (subject to hydrolysis) is 1. The fourth-order valence-corrected chi connectivity index (χ4v) is 6.55. The molecule has 0 spiro atoms. The fraction of sp³-hybridized carbons (Fsp3) is 0.463. The van der Waals surface area contributed by atoms with E-state index in [2.05, 4.69) is 64.1 Å². The van der Waals surface area contributed by atoms with Gasteiger partial charge in [-0.15, -0.1) is 0 Å². The van der Waals surface area contributed by atoms with Crippen LogP contribution < -0.4 is 32.3 Å². The van der Waals surface area contributed by atoms with Crippen LogP contribution in [0.2, 0.25) is 0 Å². The summed E-state index contributed by atoms with van der Waals surface area (Å²) in [6.45, 7) is 11.6. The number of carbonyl (C=O) groups excluding carboxylic acids is 4. The molecule has 0 fully saturated rings. The predicted molar refractivity (Wildman–Crippen MR) is 211 cm³/mol. The number of hydrogen-bond acceptors (Lipinski definition) is 7. The Morgan fingerprint density at radius 3 is 2.23 bits per heavy atom. The van der Waals surface area contributed by atoms with E-state index in [4.69, 9.17) is 10.5 Å². The minimum Gasteiger partial charge on any atom is -0.445 e. The molecule has 3 atom stereocenters. The number of anilines is 1. The quantitative estimate of drug-likeness (QED) is 0.0660. The summed E-state index contributed by atoms with van der Waals surface area (Å²) in [5, 5.41) is 17.0. The number of carbonyl (C=O) groups is 4. The Kier molecular flexibility index (Phi) is 15.7. The van der Waals surface area contributed by atoms with Crippen molar-refractivity contribution < 1.29 is 23.9 Å². The fourth-order valence-electron chi connectivity index (χ4n) is 6.55. The van der Waals surface area contributed by atoms with E-state index in [0.29, 0.717) is 38.0 Å². The number of nitrogens with two attached hydrogens (primary N) is 1. The van der Waals surface area contributed by atoms with Crippen LogP contribution in [0.5, 0.6) is 0 Å². The summed E-state index contributed by atoms with van der Waals surface area (Å²) in [6.07, 6.45) is 1.82. The summed E-state index contributed by atoms with van der Waals surface area (Å²) < 4.78 is 7.60. The first-order chi connectivity index (χ1) is 25.5. The van der Waals surface area contributed by atoms with Crippen LogP contribution in [0.3, 0.4) is 0 Å². The highest BCUT2D eigenvalue weighted by atomic mass is 16.5. The van der Waals surface area contributed by atoms with Crippen molar-refractivity contribution in [2.45, 2.75) is 91.6 Å². The molecule has 0 aliphatic heterocycles. The lowest BCUT2D eigenvalue weighted by Gasteiger charge is -2.26. The molecule has 4 rings (SSSR count). The highest BCUT2D eigenvalue weighted by Crippen LogP contribution is 2.31. The smallest absolute Gasteiger partial charge is 0.408 e. The molecule has 12 heteroatoms. The van der Waals surface area contributed by atoms with E-state index in [1.54, 1.807) is 0 Å². The van der Waals surface area contributed by atoms with Gasteiger partial charge in [0.2, 0.25) is 17.7 Å². The van der Waals surface area contributed by atoms with Gasteiger partial charge in [-0.1, -0.05) is 76.2 Å². The van der Waals surface area contributed by atoms with Crippen LogP contribution in [0.4, 0.5) is 10.5 Å². The molecule has 4 aromatic rings. The van der Waals surface area contributed by atoms with Gasteiger partial charge >= 0.3 is 6.09 Å². The minimum atomic E-state index is -0.810. The maximum absolute atomic E-state index is 13.6. The second-order valence-electron chi connectivity index (χ2n) is 14.3. The van der Waals surface area contributed by atoms with Crippen molar-refractivity contribution in [2.24, 2.45) is 17.6 Å². The normalized spacial score (nSPS) is 13.1. The molecule has 0 aliphatic carbocycles. The number of aromatic nitrogens is 1. The highest BCUT2D eigenvalue weighted by molar-refractivity contribution is 6.10. The van der Waals surface area contributed by atoms with Gasteiger partial charge in [-0.25, -0.2) is 4.79 Å². The standard InChI is InChI=1S/C41H57N7O5/c1-6-48-35-18-11-10-16-32(35)33-23-30(19-20-36(33)48)44-39(50)34(17-12-13-21-42)46-37(49)25-43-24-31(22-27(2)3)45-40(51)38(28(4)5)47-41(52)53-26-29-14-8-7-9-15-29/h7-11,14-16,18-20,23,27-28,31,34,38,43H,6,12-13,17,21-22,24-26,42H2,1-5H3,(H,44,50)(H,45,51)(H,46,49)(H,47,52)/t31-,34-,38-/m0/s1. The summed E-state index contributed by atoms with van der Waals surface area (Å²) in [6, 6.07) is 21.5. The molecule has 53 heavy (non-hydrogen) atoms. The van der Waals surface area contributed by atoms with Crippen LogP contribution in [0, 0.1) is 11.8 Å². The molecule has 0 bridgehead atoms. The Labute approximate surface area is 313 Å². The second kappa shape index (κ2) is 20.3. The molecule has 1 heterocycles. The van der Waals surface area contributed by atoms with E-state index < -0.39 is 18.2 Å². The number of benzene rings is 3. The molecule has 0 saturated carbocycles. The number of nitrogens with one attached hydrogen (secondary N) is 5. The Balaban J connectivity index is 1.33. The van der Waals surface area contributed by atoms with Crippen molar-refractivity contribution in [3.05, 3.63) is 78.4 Å². The number of amides is 4. The molecule has 7 N–H and O–H groups in total. The van der Waals surface area contributed by atoms with Gasteiger partial charge in [0.05, 0.1) is 6.54 Å². The van der Waals surface area contributed by atoms with Crippen molar-refractivity contribution in [1.82, 2.24) is 25.8 Å². The number of hydrogen-bond donors (Lipinski definition) is 6. The largest absolute Gasteiger partial charge is 0.445 e. The van der Waals surface area contributed by atoms with Crippen molar-refractivity contribution >= 4 is 51.3 Å². The van der Waals surface area contributed by atoms with Gasteiger partial charge in [-0.2, -0.15) is 0 Å². The summed E-state index contributed by atoms with van der Waals surface area (Å²) in [5.41, 5.74) is 9.46. The average molecular weight is 728 g/mol. The van der Waals surface area contributed by atoms with Crippen molar-refractivity contribution in [3.8, 4) is 0 Å². The summed E-state index contributed by atoms with van der Waals surface area (Å²) >= 11 is 0. The van der Waals surface area contributed by atoms with Crippen LogP contribution in [0.25, 0.3) is 21.8 Å². The maximum Gasteiger partial charge on any atom is 0.408 e. The average Bonchev–Trinajstić information content (AvgIpc) is 3.45. The molecular formula is C41H57N7O5. The van der Waals surface area contributed by atoms with Gasteiger partial charge in [0.25, 0.3) is 0 Å². The Morgan fingerprint density at radius 2 is 1.53 bits per heavy atom. The number of ether oxygens (including phenoxy) is 1. The van der Waals surface area contributed by atoms with Crippen LogP contribution in [0.1, 0.15) is 65.9 Å². The SMILES string of the molecule is CCn1c2ccccc2c2cc(NC(=O)[C@H](CCCCN)NC(=O)CNC[C@H](CC(C)C)NC(=O)[C@@H](NC(=O)OCc3ccccc3)C(C)C)ccc21. The summed E-state index contributed by atoms with van der Waals surface area (Å²) in [7, 11) is 0. The van der Waals surface area contributed by atoms with E-state index in [1.165, 1.54) is 0 Å². The third-order valence-electron chi connectivity index (χ3n) is 9.17. The summed E-state index contributed by atoms with van der Waals surface area (Å²) in [5.74, 6) is -0.905. The summed E-state index contributed by atoms with van der Waals surface area (Å²) in [4.78, 5) is 52.7. The Hall–Kier alpha value is -4.94. The number of unbranched alkanes of at least 4 members (excludes halogenated alkanes) is 1. The number of rotatable bonds is 20. The zero-order chi connectivity index (χ0) is 38.3. The molecule has 12 nitrogen and oxygen atoms in total. The number of para-hydroxylation sites is 1. The maximum atomic E-state index is 13.6. The predicted octanol–water partition coefficient (Wildman–Crippen LogP) is 5.44. The lowest BCUT2D eigenvalue weighted by molar-refractivity contribution is -0.126. The zero-order valence-corrected chi connectivity index (χ0v) is 31.7. The van der Waals surface area contributed by atoms with Gasteiger partial charge in [0.1, 0.15) is 18.7 Å². The molecular weight excluding hydrogens is 670 g/mol. The first kappa shape index (κ1) is 40.8. The van der Waals surface area contributed by atoms with Gasteiger partial charge in [-0.3, -0.25) is 14.4 Å². The molecule has 4 amide bonds. The Morgan fingerprint density at radius 1 is 0.811 bits per heavy atom. The molecule has 1 aromatic heterocycles. The third kappa shape index (κ3) is 12.0. The highest BCUT2D eigenvalue weighted by Gasteiger charge is 2.27. The molecule has 0 unspecified atom stereocenters. The van der Waals surface area contributed by atoms with Gasteiger partial charge < -0.3 is 41.6 Å². The van der Waals surface area contributed by atoms with E-state index >= 15 is 0 Å². The molecule has 286 valence electrons. The molecule has 0 radical (unpaired) electrons. The lowest BCUT2D eigenvalue weighted by atomic mass is 10.0.